The molecular weight excluding hydrogens is 464 g/mol. The van der Waals surface area contributed by atoms with Crippen molar-refractivity contribution in [1.29, 1.82) is 0 Å². The maximum atomic E-state index is 13.5. The number of anilines is 1. The van der Waals surface area contributed by atoms with E-state index < -0.39 is 0 Å². The van der Waals surface area contributed by atoms with Crippen LogP contribution in [-0.4, -0.2) is 39.9 Å². The van der Waals surface area contributed by atoms with Crippen molar-refractivity contribution < 1.29 is 9.59 Å². The van der Waals surface area contributed by atoms with Crippen LogP contribution in [-0.2, 0) is 15.0 Å². The minimum absolute atomic E-state index is 0.00120. The van der Waals surface area contributed by atoms with Crippen molar-refractivity contribution in [2.75, 3.05) is 17.2 Å². The maximum absolute atomic E-state index is 13.5. The molecule has 1 fully saturated rings. The van der Waals surface area contributed by atoms with E-state index in [2.05, 4.69) is 43.6 Å². The summed E-state index contributed by atoms with van der Waals surface area (Å²) in [4.78, 5) is 29.3. The largest absolute Gasteiger partial charge is 0.352 e. The first-order valence-corrected chi connectivity index (χ1v) is 13.6. The lowest BCUT2D eigenvalue weighted by molar-refractivity contribution is -0.123. The Kier molecular flexibility index (Phi) is 6.06. The first kappa shape index (κ1) is 23.2. The summed E-state index contributed by atoms with van der Waals surface area (Å²) in [5, 5.41) is 10.2. The molecule has 1 aromatic carbocycles. The third kappa shape index (κ3) is 4.41. The van der Waals surface area contributed by atoms with Gasteiger partial charge < -0.3 is 5.32 Å². The second-order valence-corrected chi connectivity index (χ2v) is 12.1. The van der Waals surface area contributed by atoms with Gasteiger partial charge in [-0.3, -0.25) is 14.5 Å². The summed E-state index contributed by atoms with van der Waals surface area (Å²) in [6, 6.07) is 12.5. The number of aromatic nitrogens is 2. The fraction of sp³-hybridized carbons (Fsp3) is 0.423. The number of hydrogen-bond acceptors (Lipinski definition) is 5. The van der Waals surface area contributed by atoms with E-state index in [-0.39, 0.29) is 35.1 Å². The molecule has 3 heterocycles. The molecular formula is C26H30N4O2S2. The average Bonchev–Trinajstić information content (AvgIpc) is 3.30. The molecule has 6 nitrogen and oxygen atoms in total. The van der Waals surface area contributed by atoms with E-state index in [9.17, 15) is 9.59 Å². The first-order valence-electron chi connectivity index (χ1n) is 11.7. The van der Waals surface area contributed by atoms with Crippen LogP contribution in [0.25, 0.3) is 5.69 Å². The summed E-state index contributed by atoms with van der Waals surface area (Å²) in [6.45, 7) is 8.52. The lowest BCUT2D eigenvalue weighted by Crippen LogP contribution is -2.43. The van der Waals surface area contributed by atoms with Crippen LogP contribution < -0.4 is 10.2 Å². The van der Waals surface area contributed by atoms with Crippen LogP contribution in [0.3, 0.4) is 0 Å². The number of carbonyl (C=O) groups is 2. The van der Waals surface area contributed by atoms with Crippen molar-refractivity contribution in [1.82, 2.24) is 15.1 Å². The molecule has 1 aliphatic carbocycles. The molecule has 2 aromatic heterocycles. The molecule has 1 unspecified atom stereocenters. The van der Waals surface area contributed by atoms with Gasteiger partial charge in [-0.2, -0.15) is 5.10 Å². The van der Waals surface area contributed by atoms with Crippen molar-refractivity contribution >= 4 is 40.7 Å². The molecule has 0 spiro atoms. The molecule has 1 saturated carbocycles. The number of amides is 2. The zero-order valence-electron chi connectivity index (χ0n) is 20.0. The van der Waals surface area contributed by atoms with Crippen LogP contribution in [0.4, 0.5) is 5.82 Å². The smallest absolute Gasteiger partial charge is 0.240 e. The number of nitrogens with one attached hydrogen (secondary N) is 1. The quantitative estimate of drug-likeness (QED) is 0.543. The molecule has 34 heavy (non-hydrogen) atoms. The van der Waals surface area contributed by atoms with E-state index in [1.165, 1.54) is 4.88 Å². The number of nitrogens with zero attached hydrogens (tertiary/aromatic N) is 3. The first-order chi connectivity index (χ1) is 16.2. The maximum Gasteiger partial charge on any atom is 0.240 e. The fourth-order valence-corrected chi connectivity index (χ4v) is 6.53. The molecule has 178 valence electrons. The standard InChI is InChI=1S/C26H30N4O2S2/c1-16-8-5-6-9-18(16)30-25-22(24(28-30)26(2,3)4)23(19-10-7-13-33-19)34-15-21(32)29(25)14-20(31)27-17-11-12-17/h5-10,13,17,23H,11-12,14-15H2,1-4H3,(H,27,31). The van der Waals surface area contributed by atoms with E-state index in [4.69, 9.17) is 5.10 Å². The lowest BCUT2D eigenvalue weighted by Gasteiger charge is -2.24. The van der Waals surface area contributed by atoms with Gasteiger partial charge in [0.05, 0.1) is 22.4 Å². The lowest BCUT2D eigenvalue weighted by atomic mass is 9.88. The van der Waals surface area contributed by atoms with Crippen molar-refractivity contribution in [2.45, 2.75) is 57.2 Å². The summed E-state index contributed by atoms with van der Waals surface area (Å²) < 4.78 is 1.90. The van der Waals surface area contributed by atoms with E-state index >= 15 is 0 Å². The summed E-state index contributed by atoms with van der Waals surface area (Å²) in [6.07, 6.45) is 2.02. The molecule has 0 radical (unpaired) electrons. The third-order valence-corrected chi connectivity index (χ3v) is 8.51. The molecule has 3 aromatic rings. The molecule has 5 rings (SSSR count). The second kappa shape index (κ2) is 8.89. The Morgan fingerprint density at radius 3 is 2.59 bits per heavy atom. The number of fused-ring (bicyclic) bond motifs is 1. The van der Waals surface area contributed by atoms with Gasteiger partial charge in [-0.1, -0.05) is 45.0 Å². The normalized spacial score (nSPS) is 18.5. The third-order valence-electron chi connectivity index (χ3n) is 6.19. The van der Waals surface area contributed by atoms with Crippen molar-refractivity contribution in [3.63, 3.8) is 0 Å². The van der Waals surface area contributed by atoms with Crippen LogP contribution in [0.1, 0.15) is 60.6 Å². The molecule has 2 aliphatic rings. The topological polar surface area (TPSA) is 67.2 Å². The highest BCUT2D eigenvalue weighted by Crippen LogP contribution is 2.49. The van der Waals surface area contributed by atoms with Crippen LogP contribution in [0.2, 0.25) is 0 Å². The Bertz CT molecular complexity index is 1220. The van der Waals surface area contributed by atoms with Crippen LogP contribution >= 0.6 is 23.1 Å². The number of carbonyl (C=O) groups excluding carboxylic acids is 2. The van der Waals surface area contributed by atoms with E-state index in [0.29, 0.717) is 5.75 Å². The SMILES string of the molecule is Cc1ccccc1-n1nc(C(C)(C)C)c2c1N(CC(=O)NC1CC1)C(=O)CSC2c1cccs1. The van der Waals surface area contributed by atoms with Gasteiger partial charge >= 0.3 is 0 Å². The molecule has 1 atom stereocenters. The number of rotatable bonds is 5. The fourth-order valence-electron chi connectivity index (χ4n) is 4.35. The molecule has 0 bridgehead atoms. The highest BCUT2D eigenvalue weighted by molar-refractivity contribution is 8.00. The Labute approximate surface area is 208 Å². The zero-order chi connectivity index (χ0) is 24.0. The predicted molar refractivity (Wildman–Crippen MR) is 139 cm³/mol. The zero-order valence-corrected chi connectivity index (χ0v) is 21.6. The number of aryl methyl sites for hydroxylation is 1. The number of hydrogen-bond donors (Lipinski definition) is 1. The van der Waals surface area contributed by atoms with E-state index in [0.717, 1.165) is 41.2 Å². The van der Waals surface area contributed by atoms with Crippen molar-refractivity contribution in [2.24, 2.45) is 0 Å². The van der Waals surface area contributed by atoms with Crippen molar-refractivity contribution in [3.8, 4) is 5.69 Å². The van der Waals surface area contributed by atoms with Gasteiger partial charge in [0, 0.05) is 21.9 Å². The van der Waals surface area contributed by atoms with Gasteiger partial charge in [0.15, 0.2) is 0 Å². The molecule has 0 saturated heterocycles. The Morgan fingerprint density at radius 2 is 1.94 bits per heavy atom. The van der Waals surface area contributed by atoms with E-state index in [1.807, 2.05) is 35.9 Å². The van der Waals surface area contributed by atoms with Gasteiger partial charge in [-0.15, -0.1) is 23.1 Å². The number of thioether (sulfide) groups is 1. The number of thiophene rings is 1. The van der Waals surface area contributed by atoms with Crippen LogP contribution in [0.5, 0.6) is 0 Å². The van der Waals surface area contributed by atoms with E-state index in [1.54, 1.807) is 28.0 Å². The molecule has 1 N–H and O–H groups in total. The molecule has 8 heteroatoms. The number of benzene rings is 1. The summed E-state index contributed by atoms with van der Waals surface area (Å²) >= 11 is 3.32. The summed E-state index contributed by atoms with van der Waals surface area (Å²) in [5.74, 6) is 0.854. The summed E-state index contributed by atoms with van der Waals surface area (Å²) in [7, 11) is 0. The minimum atomic E-state index is -0.247. The van der Waals surface area contributed by atoms with Gasteiger partial charge in [0.1, 0.15) is 12.4 Å². The second-order valence-electron chi connectivity index (χ2n) is 10.1. The monoisotopic (exact) mass is 494 g/mol. The van der Waals surface area contributed by atoms with Gasteiger partial charge in [-0.05, 0) is 42.8 Å². The Morgan fingerprint density at radius 1 is 1.18 bits per heavy atom. The summed E-state index contributed by atoms with van der Waals surface area (Å²) in [5.41, 5.74) is 3.73. The van der Waals surface area contributed by atoms with Gasteiger partial charge in [0.25, 0.3) is 0 Å². The minimum Gasteiger partial charge on any atom is -0.352 e. The van der Waals surface area contributed by atoms with Crippen LogP contribution in [0, 0.1) is 6.92 Å². The molecule has 2 amide bonds. The molecule has 1 aliphatic heterocycles. The van der Waals surface area contributed by atoms with Crippen LogP contribution in [0.15, 0.2) is 41.8 Å². The van der Waals surface area contributed by atoms with Gasteiger partial charge in [-0.25, -0.2) is 4.68 Å². The Hall–Kier alpha value is -2.58. The highest BCUT2D eigenvalue weighted by atomic mass is 32.2. The predicted octanol–water partition coefficient (Wildman–Crippen LogP) is 4.99. The highest BCUT2D eigenvalue weighted by Gasteiger charge is 2.40. The number of para-hydroxylation sites is 1. The average molecular weight is 495 g/mol. The Balaban J connectivity index is 1.75. The van der Waals surface area contributed by atoms with Crippen molar-refractivity contribution in [3.05, 3.63) is 63.5 Å². The van der Waals surface area contributed by atoms with Gasteiger partial charge in [0.2, 0.25) is 11.8 Å².